The predicted octanol–water partition coefficient (Wildman–Crippen LogP) is -0.312. The van der Waals surface area contributed by atoms with Crippen molar-refractivity contribution in [2.75, 3.05) is 63.6 Å². The minimum atomic E-state index is -3.79. The number of hydrogen-bond donors (Lipinski definition) is 1. The Morgan fingerprint density at radius 1 is 1.26 bits per heavy atom. The van der Waals surface area contributed by atoms with Crippen LogP contribution in [0.2, 0.25) is 0 Å². The number of hydrogen-bond acceptors (Lipinski definition) is 7. The summed E-state index contributed by atoms with van der Waals surface area (Å²) in [5, 5.41) is 2.72. The topological polar surface area (TPSA) is 105 Å². The first-order valence-corrected chi connectivity index (χ1v) is 10.4. The number of amides is 1. The summed E-state index contributed by atoms with van der Waals surface area (Å²) in [5.41, 5.74) is 0.182. The van der Waals surface area contributed by atoms with Crippen molar-refractivity contribution in [3.05, 3.63) is 29.8 Å². The van der Waals surface area contributed by atoms with Crippen LogP contribution in [0.3, 0.4) is 0 Å². The lowest BCUT2D eigenvalue weighted by Crippen LogP contribution is -2.45. The van der Waals surface area contributed by atoms with Crippen molar-refractivity contribution in [1.82, 2.24) is 10.2 Å². The van der Waals surface area contributed by atoms with Crippen LogP contribution in [0.15, 0.2) is 24.3 Å². The van der Waals surface area contributed by atoms with Gasteiger partial charge in [0.25, 0.3) is 0 Å². The van der Waals surface area contributed by atoms with Gasteiger partial charge < -0.3 is 14.8 Å². The molecule has 1 aromatic carbocycles. The Morgan fingerprint density at radius 2 is 1.93 bits per heavy atom. The van der Waals surface area contributed by atoms with Gasteiger partial charge >= 0.3 is 5.97 Å². The molecule has 150 valence electrons. The lowest BCUT2D eigenvalue weighted by molar-refractivity contribution is -0.119. The van der Waals surface area contributed by atoms with Gasteiger partial charge in [0.05, 0.1) is 37.8 Å². The number of benzene rings is 1. The molecule has 0 aromatic heterocycles. The quantitative estimate of drug-likeness (QED) is 0.598. The lowest BCUT2D eigenvalue weighted by Gasteiger charge is -2.27. The molecule has 2 rings (SSSR count). The molecule has 1 aromatic rings. The van der Waals surface area contributed by atoms with Crippen molar-refractivity contribution in [2.45, 2.75) is 0 Å². The summed E-state index contributed by atoms with van der Waals surface area (Å²) in [6.07, 6.45) is 0.988. The monoisotopic (exact) mass is 399 g/mol. The second-order valence-corrected chi connectivity index (χ2v) is 7.99. The third-order valence-corrected chi connectivity index (χ3v) is 5.25. The molecule has 1 aliphatic rings. The Hall–Kier alpha value is -2.17. The van der Waals surface area contributed by atoms with E-state index < -0.39 is 28.4 Å². The molecular formula is C17H25N3O6S. The van der Waals surface area contributed by atoms with Gasteiger partial charge in [0.1, 0.15) is 6.54 Å². The van der Waals surface area contributed by atoms with E-state index in [2.05, 4.69) is 10.2 Å². The largest absolute Gasteiger partial charge is 0.465 e. The van der Waals surface area contributed by atoms with E-state index in [4.69, 9.17) is 9.47 Å². The summed E-state index contributed by atoms with van der Waals surface area (Å²) in [6, 6.07) is 6.11. The lowest BCUT2D eigenvalue weighted by atomic mass is 10.2. The van der Waals surface area contributed by atoms with Crippen LogP contribution in [0.5, 0.6) is 0 Å². The van der Waals surface area contributed by atoms with Crippen LogP contribution in [-0.4, -0.2) is 84.5 Å². The fourth-order valence-electron chi connectivity index (χ4n) is 2.72. The smallest absolute Gasteiger partial charge is 0.340 e. The number of para-hydroxylation sites is 1. The van der Waals surface area contributed by atoms with E-state index in [9.17, 15) is 18.0 Å². The zero-order valence-corrected chi connectivity index (χ0v) is 16.3. The number of esters is 1. The molecule has 0 bridgehead atoms. The van der Waals surface area contributed by atoms with E-state index in [0.29, 0.717) is 26.3 Å². The standard InChI is InChI=1S/C17H25N3O6S/c1-25-17(22)14-5-3-4-6-15(14)20(27(2,23)24)13-16(21)18-7-8-19-9-11-26-12-10-19/h3-6H,7-13H2,1-2H3,(H,18,21). The Balaban J connectivity index is 2.05. The molecule has 1 N–H and O–H groups in total. The maximum Gasteiger partial charge on any atom is 0.340 e. The first kappa shape index (κ1) is 21.1. The molecule has 9 nitrogen and oxygen atoms in total. The summed E-state index contributed by atoms with van der Waals surface area (Å²) < 4.78 is 35.3. The molecule has 1 heterocycles. The summed E-state index contributed by atoms with van der Waals surface area (Å²) in [4.78, 5) is 26.4. The predicted molar refractivity (Wildman–Crippen MR) is 100 cm³/mol. The number of methoxy groups -OCH3 is 1. The Labute approximate surface area is 159 Å². The van der Waals surface area contributed by atoms with Gasteiger partial charge in [0, 0.05) is 26.2 Å². The van der Waals surface area contributed by atoms with E-state index in [1.807, 2.05) is 0 Å². The van der Waals surface area contributed by atoms with Gasteiger partial charge in [0.15, 0.2) is 0 Å². The first-order chi connectivity index (χ1) is 12.8. The highest BCUT2D eigenvalue weighted by molar-refractivity contribution is 7.92. The van der Waals surface area contributed by atoms with E-state index in [0.717, 1.165) is 23.7 Å². The fourth-order valence-corrected chi connectivity index (χ4v) is 3.59. The van der Waals surface area contributed by atoms with Gasteiger partial charge in [-0.15, -0.1) is 0 Å². The van der Waals surface area contributed by atoms with Gasteiger partial charge in [-0.05, 0) is 12.1 Å². The number of anilines is 1. The highest BCUT2D eigenvalue weighted by Crippen LogP contribution is 2.23. The van der Waals surface area contributed by atoms with Crippen LogP contribution >= 0.6 is 0 Å². The second kappa shape index (κ2) is 9.67. The van der Waals surface area contributed by atoms with E-state index >= 15 is 0 Å². The van der Waals surface area contributed by atoms with Crippen LogP contribution in [0.4, 0.5) is 5.69 Å². The Bertz CT molecular complexity index is 762. The van der Waals surface area contributed by atoms with Gasteiger partial charge in [-0.2, -0.15) is 0 Å². The summed E-state index contributed by atoms with van der Waals surface area (Å²) in [5.74, 6) is -1.12. The molecule has 27 heavy (non-hydrogen) atoms. The average molecular weight is 399 g/mol. The van der Waals surface area contributed by atoms with Crippen molar-refractivity contribution >= 4 is 27.6 Å². The number of nitrogens with zero attached hydrogens (tertiary/aromatic N) is 2. The SMILES string of the molecule is COC(=O)c1ccccc1N(CC(=O)NCCN1CCOCC1)S(C)(=O)=O. The van der Waals surface area contributed by atoms with Crippen molar-refractivity contribution in [1.29, 1.82) is 0 Å². The zero-order valence-electron chi connectivity index (χ0n) is 15.5. The van der Waals surface area contributed by atoms with Crippen LogP contribution in [0.1, 0.15) is 10.4 Å². The molecule has 1 aliphatic heterocycles. The number of nitrogens with one attached hydrogen (secondary N) is 1. The molecule has 0 spiro atoms. The van der Waals surface area contributed by atoms with Crippen molar-refractivity contribution in [2.24, 2.45) is 0 Å². The van der Waals surface area contributed by atoms with Gasteiger partial charge in [-0.25, -0.2) is 13.2 Å². The van der Waals surface area contributed by atoms with Crippen molar-refractivity contribution in [3.63, 3.8) is 0 Å². The highest BCUT2D eigenvalue weighted by Gasteiger charge is 2.25. The number of morpholine rings is 1. The molecule has 0 radical (unpaired) electrons. The minimum absolute atomic E-state index is 0.0755. The van der Waals surface area contributed by atoms with Gasteiger partial charge in [-0.1, -0.05) is 12.1 Å². The maximum atomic E-state index is 12.3. The molecule has 0 aliphatic carbocycles. The molecule has 0 atom stereocenters. The molecule has 10 heteroatoms. The van der Waals surface area contributed by atoms with Crippen LogP contribution in [0, 0.1) is 0 Å². The molecule has 0 saturated carbocycles. The molecule has 1 amide bonds. The van der Waals surface area contributed by atoms with Crippen molar-refractivity contribution in [3.8, 4) is 0 Å². The number of rotatable bonds is 8. The van der Waals surface area contributed by atoms with Crippen molar-refractivity contribution < 1.29 is 27.5 Å². The summed E-state index contributed by atoms with van der Waals surface area (Å²) in [7, 11) is -2.57. The third-order valence-electron chi connectivity index (χ3n) is 4.12. The first-order valence-electron chi connectivity index (χ1n) is 8.55. The van der Waals surface area contributed by atoms with Gasteiger partial charge in [-0.3, -0.25) is 14.0 Å². The zero-order chi connectivity index (χ0) is 19.9. The average Bonchev–Trinajstić information content (AvgIpc) is 2.65. The van der Waals surface area contributed by atoms with Gasteiger partial charge in [0.2, 0.25) is 15.9 Å². The third kappa shape index (κ3) is 6.19. The van der Waals surface area contributed by atoms with E-state index in [1.54, 1.807) is 12.1 Å². The number of carbonyl (C=O) groups excluding carboxylic acids is 2. The van der Waals surface area contributed by atoms with E-state index in [-0.39, 0.29) is 11.3 Å². The molecular weight excluding hydrogens is 374 g/mol. The Kier molecular flexibility index (Phi) is 7.57. The molecule has 0 unspecified atom stereocenters. The van der Waals surface area contributed by atoms with E-state index in [1.165, 1.54) is 19.2 Å². The summed E-state index contributed by atoms with van der Waals surface area (Å²) >= 11 is 0. The number of sulfonamides is 1. The van der Waals surface area contributed by atoms with Crippen LogP contribution < -0.4 is 9.62 Å². The minimum Gasteiger partial charge on any atom is -0.465 e. The van der Waals surface area contributed by atoms with Crippen LogP contribution in [-0.2, 0) is 24.3 Å². The fraction of sp³-hybridized carbons (Fsp3) is 0.529. The molecule has 1 fully saturated rings. The van der Waals surface area contributed by atoms with Crippen LogP contribution in [0.25, 0.3) is 0 Å². The normalized spacial score (nSPS) is 15.2. The Morgan fingerprint density at radius 3 is 2.56 bits per heavy atom. The summed E-state index contributed by atoms with van der Waals surface area (Å²) in [6.45, 7) is 3.58. The highest BCUT2D eigenvalue weighted by atomic mass is 32.2. The molecule has 1 saturated heterocycles. The number of ether oxygens (including phenoxy) is 2. The number of carbonyl (C=O) groups is 2. The second-order valence-electron chi connectivity index (χ2n) is 6.08. The maximum absolute atomic E-state index is 12.3.